The summed E-state index contributed by atoms with van der Waals surface area (Å²) in [5.74, 6) is 1.03. The van der Waals surface area contributed by atoms with Gasteiger partial charge >= 0.3 is 0 Å². The highest BCUT2D eigenvalue weighted by atomic mass is 32.2. The van der Waals surface area contributed by atoms with E-state index in [-0.39, 0.29) is 6.61 Å². The number of aliphatic hydroxyl groups is 1. The Morgan fingerprint density at radius 3 is 2.76 bits per heavy atom. The van der Waals surface area contributed by atoms with Gasteiger partial charge in [-0.1, -0.05) is 18.2 Å². The van der Waals surface area contributed by atoms with Crippen molar-refractivity contribution in [1.82, 2.24) is 4.98 Å². The van der Waals surface area contributed by atoms with Gasteiger partial charge in [-0.25, -0.2) is 0 Å². The van der Waals surface area contributed by atoms with E-state index in [4.69, 9.17) is 5.11 Å². The molecule has 0 aliphatic rings. The number of aryl methyl sites for hydroxylation is 1. The average Bonchev–Trinajstić information content (AvgIpc) is 2.40. The summed E-state index contributed by atoms with van der Waals surface area (Å²) in [5.41, 5.74) is 2.23. The predicted octanol–water partition coefficient (Wildman–Crippen LogP) is 2.91. The van der Waals surface area contributed by atoms with Gasteiger partial charge in [-0.3, -0.25) is 4.98 Å². The third-order valence-electron chi connectivity index (χ3n) is 2.46. The summed E-state index contributed by atoms with van der Waals surface area (Å²) in [7, 11) is 0. The molecule has 3 heteroatoms. The molecule has 88 valence electrons. The van der Waals surface area contributed by atoms with Crippen molar-refractivity contribution >= 4 is 11.8 Å². The molecule has 0 aliphatic heterocycles. The van der Waals surface area contributed by atoms with E-state index in [0.717, 1.165) is 17.7 Å². The van der Waals surface area contributed by atoms with Gasteiger partial charge in [0.1, 0.15) is 0 Å². The summed E-state index contributed by atoms with van der Waals surface area (Å²) >= 11 is 1.81. The Bertz CT molecular complexity index is 459. The fraction of sp³-hybridized carbons (Fsp3) is 0.214. The number of hydrogen-bond donors (Lipinski definition) is 1. The summed E-state index contributed by atoms with van der Waals surface area (Å²) in [6.45, 7) is 0.108. The van der Waals surface area contributed by atoms with Gasteiger partial charge in [-0.05, 0) is 35.7 Å². The highest BCUT2D eigenvalue weighted by molar-refractivity contribution is 7.99. The molecule has 0 aliphatic carbocycles. The lowest BCUT2D eigenvalue weighted by atomic mass is 10.2. The molecule has 1 heterocycles. The second-order valence-corrected chi connectivity index (χ2v) is 4.93. The number of hydrogen-bond acceptors (Lipinski definition) is 3. The van der Waals surface area contributed by atoms with Crippen molar-refractivity contribution in [2.24, 2.45) is 0 Å². The Balaban J connectivity index is 1.86. The van der Waals surface area contributed by atoms with E-state index in [1.165, 1.54) is 10.5 Å². The predicted molar refractivity (Wildman–Crippen MR) is 71.0 cm³/mol. The maximum absolute atomic E-state index is 9.05. The Hall–Kier alpha value is -1.32. The highest BCUT2D eigenvalue weighted by Crippen LogP contribution is 2.20. The van der Waals surface area contributed by atoms with Gasteiger partial charge in [0.05, 0.1) is 6.61 Å². The minimum Gasteiger partial charge on any atom is -0.392 e. The van der Waals surface area contributed by atoms with Crippen molar-refractivity contribution in [3.8, 4) is 0 Å². The van der Waals surface area contributed by atoms with Gasteiger partial charge < -0.3 is 5.11 Å². The van der Waals surface area contributed by atoms with Crippen LogP contribution in [0.15, 0.2) is 53.7 Å². The lowest BCUT2D eigenvalue weighted by Crippen LogP contribution is -1.89. The quantitative estimate of drug-likeness (QED) is 0.822. The van der Waals surface area contributed by atoms with E-state index < -0.39 is 0 Å². The topological polar surface area (TPSA) is 33.1 Å². The van der Waals surface area contributed by atoms with Crippen LogP contribution in [-0.2, 0) is 13.0 Å². The monoisotopic (exact) mass is 245 g/mol. The second kappa shape index (κ2) is 6.42. The van der Waals surface area contributed by atoms with Crippen LogP contribution in [0.2, 0.25) is 0 Å². The molecule has 0 unspecified atom stereocenters. The first kappa shape index (κ1) is 12.1. The van der Waals surface area contributed by atoms with E-state index in [1.807, 2.05) is 30.5 Å². The van der Waals surface area contributed by atoms with Gasteiger partial charge in [0.25, 0.3) is 0 Å². The molecular formula is C14H15NOS. The van der Waals surface area contributed by atoms with Gasteiger partial charge in [0.15, 0.2) is 0 Å². The molecule has 2 nitrogen and oxygen atoms in total. The zero-order valence-corrected chi connectivity index (χ0v) is 10.4. The van der Waals surface area contributed by atoms with E-state index in [9.17, 15) is 0 Å². The average molecular weight is 245 g/mol. The molecular weight excluding hydrogens is 230 g/mol. The fourth-order valence-electron chi connectivity index (χ4n) is 1.57. The van der Waals surface area contributed by atoms with Crippen molar-refractivity contribution in [2.45, 2.75) is 17.9 Å². The van der Waals surface area contributed by atoms with E-state index in [2.05, 4.69) is 17.1 Å². The first-order valence-corrected chi connectivity index (χ1v) is 6.58. The molecule has 1 aromatic heterocycles. The molecule has 2 aromatic rings. The molecule has 17 heavy (non-hydrogen) atoms. The highest BCUT2D eigenvalue weighted by Gasteiger charge is 1.97. The molecule has 1 N–H and O–H groups in total. The van der Waals surface area contributed by atoms with Crippen LogP contribution in [0.3, 0.4) is 0 Å². The Kier molecular flexibility index (Phi) is 4.59. The van der Waals surface area contributed by atoms with Crippen LogP contribution in [0, 0.1) is 0 Å². The van der Waals surface area contributed by atoms with Crippen LogP contribution in [0.1, 0.15) is 11.1 Å². The minimum atomic E-state index is 0.108. The van der Waals surface area contributed by atoms with Crippen LogP contribution in [0.25, 0.3) is 0 Å². The first-order chi connectivity index (χ1) is 8.38. The van der Waals surface area contributed by atoms with Crippen molar-refractivity contribution in [3.05, 3.63) is 59.9 Å². The van der Waals surface area contributed by atoms with Gasteiger partial charge in [0.2, 0.25) is 0 Å². The number of aliphatic hydroxyl groups excluding tert-OH is 1. The van der Waals surface area contributed by atoms with Crippen LogP contribution in [-0.4, -0.2) is 15.8 Å². The van der Waals surface area contributed by atoms with Crippen LogP contribution >= 0.6 is 11.8 Å². The Morgan fingerprint density at radius 1 is 1.12 bits per heavy atom. The molecule has 0 saturated heterocycles. The summed E-state index contributed by atoms with van der Waals surface area (Å²) < 4.78 is 0. The minimum absolute atomic E-state index is 0.108. The smallest absolute Gasteiger partial charge is 0.0682 e. The molecule has 2 rings (SSSR count). The third kappa shape index (κ3) is 3.88. The molecule has 0 radical (unpaired) electrons. The van der Waals surface area contributed by atoms with E-state index >= 15 is 0 Å². The summed E-state index contributed by atoms with van der Waals surface area (Å²) in [4.78, 5) is 5.30. The molecule has 0 saturated carbocycles. The molecule has 0 spiro atoms. The van der Waals surface area contributed by atoms with Crippen LogP contribution < -0.4 is 0 Å². The largest absolute Gasteiger partial charge is 0.392 e. The second-order valence-electron chi connectivity index (χ2n) is 3.77. The summed E-state index contributed by atoms with van der Waals surface area (Å²) in [6.07, 6.45) is 4.72. The van der Waals surface area contributed by atoms with Crippen molar-refractivity contribution in [3.63, 3.8) is 0 Å². The number of thioether (sulfide) groups is 1. The SMILES string of the molecule is OCc1cccc(SCCc2cccnc2)c1. The lowest BCUT2D eigenvalue weighted by molar-refractivity contribution is 0.281. The molecule has 0 fully saturated rings. The zero-order chi connectivity index (χ0) is 11.9. The zero-order valence-electron chi connectivity index (χ0n) is 9.54. The summed E-state index contributed by atoms with van der Waals surface area (Å²) in [6, 6.07) is 12.1. The maximum atomic E-state index is 9.05. The lowest BCUT2D eigenvalue weighted by Gasteiger charge is -2.03. The number of aromatic nitrogens is 1. The molecule has 0 bridgehead atoms. The third-order valence-corrected chi connectivity index (χ3v) is 3.46. The fourth-order valence-corrected chi connectivity index (χ4v) is 2.55. The number of rotatable bonds is 5. The van der Waals surface area contributed by atoms with E-state index in [1.54, 1.807) is 18.0 Å². The Morgan fingerprint density at radius 2 is 2.00 bits per heavy atom. The molecule has 1 aromatic carbocycles. The maximum Gasteiger partial charge on any atom is 0.0682 e. The van der Waals surface area contributed by atoms with Gasteiger partial charge in [-0.2, -0.15) is 0 Å². The van der Waals surface area contributed by atoms with Crippen molar-refractivity contribution in [2.75, 3.05) is 5.75 Å². The molecule has 0 atom stereocenters. The normalized spacial score (nSPS) is 10.4. The first-order valence-electron chi connectivity index (χ1n) is 5.60. The van der Waals surface area contributed by atoms with Gasteiger partial charge in [0, 0.05) is 23.0 Å². The molecule has 0 amide bonds. The summed E-state index contributed by atoms with van der Waals surface area (Å²) in [5, 5.41) is 9.05. The number of pyridine rings is 1. The van der Waals surface area contributed by atoms with E-state index in [0.29, 0.717) is 0 Å². The standard InChI is InChI=1S/C14H15NOS/c16-11-13-3-1-5-14(9-13)17-8-6-12-4-2-7-15-10-12/h1-5,7,9-10,16H,6,8,11H2. The number of nitrogens with zero attached hydrogens (tertiary/aromatic N) is 1. The van der Waals surface area contributed by atoms with Gasteiger partial charge in [-0.15, -0.1) is 11.8 Å². The number of benzene rings is 1. The van der Waals surface area contributed by atoms with Crippen molar-refractivity contribution < 1.29 is 5.11 Å². The van der Waals surface area contributed by atoms with Crippen LogP contribution in [0.5, 0.6) is 0 Å². The van der Waals surface area contributed by atoms with Crippen LogP contribution in [0.4, 0.5) is 0 Å². The van der Waals surface area contributed by atoms with Crippen molar-refractivity contribution in [1.29, 1.82) is 0 Å². The Labute approximate surface area is 106 Å².